The molecule has 0 aliphatic carbocycles. The normalized spacial score (nSPS) is 10.4. The molecule has 0 bridgehead atoms. The first-order valence-electron chi connectivity index (χ1n) is 8.81. The molecule has 1 rings (SSSR count). The number of ether oxygens (including phenoxy) is 3. The summed E-state index contributed by atoms with van der Waals surface area (Å²) in [4.78, 5) is 36.6. The van der Waals surface area contributed by atoms with E-state index in [2.05, 4.69) is 19.2 Å². The number of hydrogen-bond donors (Lipinski definition) is 1. The van der Waals surface area contributed by atoms with Gasteiger partial charge in [-0.3, -0.25) is 9.59 Å². The molecule has 0 aromatic heterocycles. The number of methoxy groups -OCH3 is 1. The van der Waals surface area contributed by atoms with Gasteiger partial charge >= 0.3 is 5.97 Å². The minimum absolute atomic E-state index is 0.125. The number of carbonyl (C=O) groups is 3. The molecule has 156 valence electrons. The second-order valence-electron chi connectivity index (χ2n) is 6.52. The summed E-state index contributed by atoms with van der Waals surface area (Å²) < 4.78 is 15.9. The highest BCUT2D eigenvalue weighted by Crippen LogP contribution is 2.36. The first-order valence-corrected chi connectivity index (χ1v) is 9.19. The summed E-state index contributed by atoms with van der Waals surface area (Å²) in [6.45, 7) is 3.99. The maximum atomic E-state index is 12.3. The SMILES string of the molecule is CNC(=O)CN(C)C(=O)COC(=O)c1cc(Cl)c(OCCC(C)C)c(OC)c1. The molecule has 9 heteroatoms. The van der Waals surface area contributed by atoms with Crippen LogP contribution >= 0.6 is 11.6 Å². The topological polar surface area (TPSA) is 94.2 Å². The van der Waals surface area contributed by atoms with Crippen LogP contribution in [0.4, 0.5) is 0 Å². The predicted octanol–water partition coefficient (Wildman–Crippen LogP) is 2.13. The maximum Gasteiger partial charge on any atom is 0.338 e. The fourth-order valence-corrected chi connectivity index (χ4v) is 2.34. The van der Waals surface area contributed by atoms with Gasteiger partial charge in [0.25, 0.3) is 5.91 Å². The lowest BCUT2D eigenvalue weighted by molar-refractivity contribution is -0.137. The van der Waals surface area contributed by atoms with E-state index in [-0.39, 0.29) is 23.0 Å². The van der Waals surface area contributed by atoms with E-state index >= 15 is 0 Å². The summed E-state index contributed by atoms with van der Waals surface area (Å²) in [5.41, 5.74) is 0.125. The average molecular weight is 415 g/mol. The second-order valence-corrected chi connectivity index (χ2v) is 6.93. The van der Waals surface area contributed by atoms with Crippen molar-refractivity contribution in [2.45, 2.75) is 20.3 Å². The van der Waals surface area contributed by atoms with E-state index in [0.29, 0.717) is 24.0 Å². The molecule has 0 saturated carbocycles. The van der Waals surface area contributed by atoms with Gasteiger partial charge in [-0.15, -0.1) is 0 Å². The van der Waals surface area contributed by atoms with Crippen molar-refractivity contribution < 1.29 is 28.6 Å². The fourth-order valence-electron chi connectivity index (χ4n) is 2.08. The zero-order chi connectivity index (χ0) is 21.3. The van der Waals surface area contributed by atoms with Gasteiger partial charge in [-0.1, -0.05) is 25.4 Å². The molecule has 1 aromatic rings. The Balaban J connectivity index is 2.76. The van der Waals surface area contributed by atoms with Crippen molar-refractivity contribution >= 4 is 29.4 Å². The Morgan fingerprint density at radius 3 is 2.50 bits per heavy atom. The third-order valence-electron chi connectivity index (χ3n) is 3.82. The lowest BCUT2D eigenvalue weighted by Crippen LogP contribution is -2.39. The van der Waals surface area contributed by atoms with Crippen LogP contribution in [0, 0.1) is 5.92 Å². The Bertz CT molecular complexity index is 708. The molecular weight excluding hydrogens is 388 g/mol. The van der Waals surface area contributed by atoms with Crippen LogP contribution in [-0.4, -0.2) is 63.6 Å². The minimum Gasteiger partial charge on any atom is -0.493 e. The second kappa shape index (κ2) is 11.4. The van der Waals surface area contributed by atoms with Crippen LogP contribution in [0.25, 0.3) is 0 Å². The zero-order valence-electron chi connectivity index (χ0n) is 16.8. The van der Waals surface area contributed by atoms with E-state index < -0.39 is 18.5 Å². The molecule has 0 radical (unpaired) electrons. The molecule has 8 nitrogen and oxygen atoms in total. The molecule has 2 amide bonds. The monoisotopic (exact) mass is 414 g/mol. The van der Waals surface area contributed by atoms with Gasteiger partial charge in [0.1, 0.15) is 0 Å². The molecule has 1 aromatic carbocycles. The van der Waals surface area contributed by atoms with E-state index in [9.17, 15) is 14.4 Å². The van der Waals surface area contributed by atoms with Crippen molar-refractivity contribution in [1.29, 1.82) is 0 Å². The molecular formula is C19H27ClN2O6. The molecule has 0 saturated heterocycles. The molecule has 0 fully saturated rings. The van der Waals surface area contributed by atoms with E-state index in [0.717, 1.165) is 11.3 Å². The number of hydrogen-bond acceptors (Lipinski definition) is 6. The van der Waals surface area contributed by atoms with E-state index in [1.807, 2.05) is 0 Å². The van der Waals surface area contributed by atoms with Crippen LogP contribution in [0.5, 0.6) is 11.5 Å². The molecule has 0 atom stereocenters. The fraction of sp³-hybridized carbons (Fsp3) is 0.526. The van der Waals surface area contributed by atoms with Crippen molar-refractivity contribution in [2.24, 2.45) is 5.92 Å². The highest BCUT2D eigenvalue weighted by molar-refractivity contribution is 6.32. The quantitative estimate of drug-likeness (QED) is 0.589. The number of benzene rings is 1. The van der Waals surface area contributed by atoms with Gasteiger partial charge in [-0.05, 0) is 24.5 Å². The van der Waals surface area contributed by atoms with Crippen LogP contribution in [0.1, 0.15) is 30.6 Å². The van der Waals surface area contributed by atoms with Crippen LogP contribution in [0.15, 0.2) is 12.1 Å². The lowest BCUT2D eigenvalue weighted by atomic mass is 10.1. The Labute approximate surface area is 170 Å². The molecule has 0 aliphatic rings. The van der Waals surface area contributed by atoms with E-state index in [1.165, 1.54) is 33.3 Å². The molecule has 1 N–H and O–H groups in total. The number of halogens is 1. The highest BCUT2D eigenvalue weighted by Gasteiger charge is 2.19. The number of esters is 1. The van der Waals surface area contributed by atoms with Crippen LogP contribution in [-0.2, 0) is 14.3 Å². The van der Waals surface area contributed by atoms with Gasteiger partial charge in [-0.25, -0.2) is 4.79 Å². The predicted molar refractivity (Wildman–Crippen MR) is 105 cm³/mol. The number of amides is 2. The van der Waals surface area contributed by atoms with Gasteiger partial charge in [0, 0.05) is 14.1 Å². The lowest BCUT2D eigenvalue weighted by Gasteiger charge is -2.17. The Hall–Kier alpha value is -2.48. The van der Waals surface area contributed by atoms with Crippen molar-refractivity contribution in [1.82, 2.24) is 10.2 Å². The Morgan fingerprint density at radius 1 is 1.25 bits per heavy atom. The number of nitrogens with one attached hydrogen (secondary N) is 1. The van der Waals surface area contributed by atoms with Crippen LogP contribution in [0.3, 0.4) is 0 Å². The maximum absolute atomic E-state index is 12.3. The Kier molecular flexibility index (Phi) is 9.58. The summed E-state index contributed by atoms with van der Waals surface area (Å²) in [6.07, 6.45) is 0.842. The standard InChI is InChI=1S/C19H27ClN2O6/c1-12(2)6-7-27-18-14(20)8-13(9-15(18)26-5)19(25)28-11-17(24)22(4)10-16(23)21-3/h8-9,12H,6-7,10-11H2,1-5H3,(H,21,23). The molecule has 0 aliphatic heterocycles. The van der Waals surface area contributed by atoms with E-state index in [4.69, 9.17) is 25.8 Å². The summed E-state index contributed by atoms with van der Waals surface area (Å²) in [5.74, 6) is -0.460. The van der Waals surface area contributed by atoms with Crippen molar-refractivity contribution in [2.75, 3.05) is 41.0 Å². The third kappa shape index (κ3) is 7.26. The third-order valence-corrected chi connectivity index (χ3v) is 4.10. The van der Waals surface area contributed by atoms with Gasteiger partial charge in [0.15, 0.2) is 18.1 Å². The molecule has 0 spiro atoms. The van der Waals surface area contributed by atoms with Crippen LogP contribution < -0.4 is 14.8 Å². The first-order chi connectivity index (χ1) is 13.2. The largest absolute Gasteiger partial charge is 0.493 e. The number of likely N-dealkylation sites (N-methyl/N-ethyl adjacent to an activating group) is 2. The van der Waals surface area contributed by atoms with E-state index in [1.54, 1.807) is 0 Å². The summed E-state index contributed by atoms with van der Waals surface area (Å²) in [7, 11) is 4.34. The van der Waals surface area contributed by atoms with Gasteiger partial charge in [-0.2, -0.15) is 0 Å². The van der Waals surface area contributed by atoms with Crippen molar-refractivity contribution in [3.63, 3.8) is 0 Å². The Morgan fingerprint density at radius 2 is 1.93 bits per heavy atom. The molecule has 0 unspecified atom stereocenters. The van der Waals surface area contributed by atoms with Crippen molar-refractivity contribution in [3.05, 3.63) is 22.7 Å². The number of carbonyl (C=O) groups excluding carboxylic acids is 3. The molecule has 28 heavy (non-hydrogen) atoms. The van der Waals surface area contributed by atoms with Gasteiger partial charge < -0.3 is 24.4 Å². The zero-order valence-corrected chi connectivity index (χ0v) is 17.6. The van der Waals surface area contributed by atoms with Gasteiger partial charge in [0.05, 0.1) is 30.8 Å². The number of rotatable bonds is 10. The summed E-state index contributed by atoms with van der Waals surface area (Å²) in [5, 5.41) is 2.61. The summed E-state index contributed by atoms with van der Waals surface area (Å²) in [6, 6.07) is 2.84. The highest BCUT2D eigenvalue weighted by atomic mass is 35.5. The number of nitrogens with zero attached hydrogens (tertiary/aromatic N) is 1. The van der Waals surface area contributed by atoms with Gasteiger partial charge in [0.2, 0.25) is 5.91 Å². The first kappa shape index (κ1) is 23.6. The van der Waals surface area contributed by atoms with Crippen molar-refractivity contribution in [3.8, 4) is 11.5 Å². The van der Waals surface area contributed by atoms with Crippen LogP contribution in [0.2, 0.25) is 5.02 Å². The average Bonchev–Trinajstić information content (AvgIpc) is 2.65. The minimum atomic E-state index is -0.740. The smallest absolute Gasteiger partial charge is 0.338 e. The summed E-state index contributed by atoms with van der Waals surface area (Å²) >= 11 is 6.23. The molecule has 0 heterocycles.